The molecule has 1 fully saturated rings. The first-order valence-electron chi connectivity index (χ1n) is 3.51. The smallest absolute Gasteiger partial charge is 0.183 e. The summed E-state index contributed by atoms with van der Waals surface area (Å²) >= 11 is 1.96. The molecule has 1 rings (SSSR count). The van der Waals surface area contributed by atoms with Crippen molar-refractivity contribution in [3.8, 4) is 0 Å². The van der Waals surface area contributed by atoms with E-state index < -0.39 is 30.7 Å². The Labute approximate surface area is 83.1 Å². The number of aliphatic hydroxyl groups excluding tert-OH is 4. The summed E-state index contributed by atoms with van der Waals surface area (Å²) < 4.78 is 5.26. The molecule has 4 N–H and O–H groups in total. The Hall–Kier alpha value is 0.530. The van der Waals surface area contributed by atoms with Crippen LogP contribution in [0.25, 0.3) is 0 Å². The van der Waals surface area contributed by atoms with E-state index in [1.54, 1.807) is 0 Å². The van der Waals surface area contributed by atoms with Gasteiger partial charge in [0, 0.05) is 4.43 Å². The second-order valence-corrected chi connectivity index (χ2v) is 3.57. The highest BCUT2D eigenvalue weighted by molar-refractivity contribution is 14.1. The SMILES string of the molecule is O[C@H]1[C@@H](O)[C@H](O)O[C@@H](CI)[C@H]1O. The number of hydrogen-bond donors (Lipinski definition) is 4. The topological polar surface area (TPSA) is 90.2 Å². The zero-order chi connectivity index (χ0) is 9.30. The van der Waals surface area contributed by atoms with E-state index in [2.05, 4.69) is 0 Å². The zero-order valence-electron chi connectivity index (χ0n) is 6.17. The third kappa shape index (κ3) is 1.88. The molecule has 0 spiro atoms. The molecule has 12 heavy (non-hydrogen) atoms. The van der Waals surface area contributed by atoms with Crippen LogP contribution in [0, 0.1) is 0 Å². The predicted octanol–water partition coefficient (Wildman–Crippen LogP) is -1.78. The van der Waals surface area contributed by atoms with Crippen molar-refractivity contribution in [2.45, 2.75) is 30.7 Å². The second-order valence-electron chi connectivity index (χ2n) is 2.69. The van der Waals surface area contributed by atoms with Gasteiger partial charge in [0.25, 0.3) is 0 Å². The third-order valence-corrected chi connectivity index (χ3v) is 2.71. The van der Waals surface area contributed by atoms with Gasteiger partial charge in [-0.05, 0) is 0 Å². The molecule has 1 aliphatic heterocycles. The van der Waals surface area contributed by atoms with Gasteiger partial charge < -0.3 is 25.2 Å². The molecule has 0 aliphatic carbocycles. The predicted molar refractivity (Wildman–Crippen MR) is 47.8 cm³/mol. The molecule has 0 saturated carbocycles. The lowest BCUT2D eigenvalue weighted by Crippen LogP contribution is -2.57. The van der Waals surface area contributed by atoms with E-state index in [4.69, 9.17) is 14.9 Å². The van der Waals surface area contributed by atoms with Crippen LogP contribution in [0.5, 0.6) is 0 Å². The Kier molecular flexibility index (Phi) is 3.68. The van der Waals surface area contributed by atoms with Gasteiger partial charge in [-0.3, -0.25) is 0 Å². The normalized spacial score (nSPS) is 49.2. The first-order valence-corrected chi connectivity index (χ1v) is 5.04. The van der Waals surface area contributed by atoms with E-state index >= 15 is 0 Å². The Bertz CT molecular complexity index is 150. The zero-order valence-corrected chi connectivity index (χ0v) is 8.33. The fourth-order valence-corrected chi connectivity index (χ4v) is 1.79. The summed E-state index contributed by atoms with van der Waals surface area (Å²) in [6.45, 7) is 0. The molecule has 0 aromatic rings. The molecule has 1 aliphatic rings. The Morgan fingerprint density at radius 3 is 2.08 bits per heavy atom. The quantitative estimate of drug-likeness (QED) is 0.339. The van der Waals surface area contributed by atoms with Crippen LogP contribution in [0.4, 0.5) is 0 Å². The van der Waals surface area contributed by atoms with Crippen LogP contribution in [-0.4, -0.2) is 55.6 Å². The highest BCUT2D eigenvalue weighted by Gasteiger charge is 2.42. The van der Waals surface area contributed by atoms with Crippen molar-refractivity contribution in [3.63, 3.8) is 0 Å². The molecule has 1 heterocycles. The van der Waals surface area contributed by atoms with Crippen LogP contribution in [0.1, 0.15) is 0 Å². The maximum absolute atomic E-state index is 9.27. The third-order valence-electron chi connectivity index (χ3n) is 1.84. The highest BCUT2D eigenvalue weighted by atomic mass is 127. The van der Waals surface area contributed by atoms with E-state index in [1.165, 1.54) is 0 Å². The van der Waals surface area contributed by atoms with E-state index in [0.29, 0.717) is 4.43 Å². The molecule has 0 radical (unpaired) electrons. The molecular formula is C6H11IO5. The fourth-order valence-electron chi connectivity index (χ4n) is 1.06. The molecule has 0 amide bonds. The van der Waals surface area contributed by atoms with Crippen molar-refractivity contribution in [3.05, 3.63) is 0 Å². The van der Waals surface area contributed by atoms with Gasteiger partial charge >= 0.3 is 0 Å². The number of hydrogen-bond acceptors (Lipinski definition) is 5. The molecule has 72 valence electrons. The molecular weight excluding hydrogens is 279 g/mol. The lowest BCUT2D eigenvalue weighted by atomic mass is 10.0. The first-order chi connectivity index (χ1) is 5.57. The van der Waals surface area contributed by atoms with Crippen molar-refractivity contribution in [1.82, 2.24) is 0 Å². The minimum Gasteiger partial charge on any atom is -0.388 e. The minimum atomic E-state index is -1.43. The van der Waals surface area contributed by atoms with E-state index in [9.17, 15) is 10.2 Å². The molecule has 0 aromatic heterocycles. The largest absolute Gasteiger partial charge is 0.388 e. The summed E-state index contributed by atoms with van der Waals surface area (Å²) in [6.07, 6.45) is -5.95. The van der Waals surface area contributed by atoms with Gasteiger partial charge in [-0.1, -0.05) is 22.6 Å². The minimum absolute atomic E-state index is 0.444. The maximum Gasteiger partial charge on any atom is 0.183 e. The van der Waals surface area contributed by atoms with Gasteiger partial charge in [-0.15, -0.1) is 0 Å². The van der Waals surface area contributed by atoms with Gasteiger partial charge in [-0.25, -0.2) is 0 Å². The van der Waals surface area contributed by atoms with Gasteiger partial charge in [0.15, 0.2) is 6.29 Å². The second kappa shape index (κ2) is 4.16. The van der Waals surface area contributed by atoms with Crippen molar-refractivity contribution in [1.29, 1.82) is 0 Å². The van der Waals surface area contributed by atoms with Crippen LogP contribution in [0.2, 0.25) is 0 Å². The van der Waals surface area contributed by atoms with Crippen LogP contribution in [0.3, 0.4) is 0 Å². The van der Waals surface area contributed by atoms with Gasteiger partial charge in [-0.2, -0.15) is 0 Å². The summed E-state index contributed by atoms with van der Waals surface area (Å²) in [5, 5.41) is 36.5. The molecule has 0 aromatic carbocycles. The molecule has 6 heteroatoms. The monoisotopic (exact) mass is 290 g/mol. The summed E-state index contributed by atoms with van der Waals surface area (Å²) in [6, 6.07) is 0. The van der Waals surface area contributed by atoms with Crippen molar-refractivity contribution < 1.29 is 25.2 Å². The Morgan fingerprint density at radius 1 is 1.00 bits per heavy atom. The number of halogens is 1. The lowest BCUT2D eigenvalue weighted by Gasteiger charge is -2.37. The van der Waals surface area contributed by atoms with Gasteiger partial charge in [0.1, 0.15) is 18.3 Å². The lowest BCUT2D eigenvalue weighted by molar-refractivity contribution is -0.275. The molecule has 1 saturated heterocycles. The van der Waals surface area contributed by atoms with Crippen molar-refractivity contribution in [2.75, 3.05) is 4.43 Å². The summed E-state index contributed by atoms with van der Waals surface area (Å²) in [5.41, 5.74) is 0. The molecule has 0 bridgehead atoms. The van der Waals surface area contributed by atoms with E-state index in [1.807, 2.05) is 22.6 Å². The van der Waals surface area contributed by atoms with Gasteiger partial charge in [0.05, 0.1) is 6.10 Å². The van der Waals surface area contributed by atoms with E-state index in [-0.39, 0.29) is 0 Å². The molecule has 0 unspecified atom stereocenters. The average Bonchev–Trinajstić information content (AvgIpc) is 2.08. The van der Waals surface area contributed by atoms with Crippen molar-refractivity contribution >= 4 is 22.6 Å². The summed E-state index contributed by atoms with van der Waals surface area (Å²) in [7, 11) is 0. The van der Waals surface area contributed by atoms with Crippen LogP contribution < -0.4 is 0 Å². The molecule has 5 nitrogen and oxygen atoms in total. The van der Waals surface area contributed by atoms with Crippen LogP contribution >= 0.6 is 22.6 Å². The average molecular weight is 290 g/mol. The summed E-state index contributed by atoms with van der Waals surface area (Å²) in [4.78, 5) is 0. The van der Waals surface area contributed by atoms with E-state index in [0.717, 1.165) is 0 Å². The van der Waals surface area contributed by atoms with Crippen molar-refractivity contribution in [2.24, 2.45) is 0 Å². The number of aliphatic hydroxyl groups is 4. The Balaban J connectivity index is 2.63. The summed E-state index contributed by atoms with van der Waals surface area (Å²) in [5.74, 6) is 0. The highest BCUT2D eigenvalue weighted by Crippen LogP contribution is 2.20. The maximum atomic E-state index is 9.27. The number of ether oxygens (including phenoxy) is 1. The Morgan fingerprint density at radius 2 is 1.58 bits per heavy atom. The van der Waals surface area contributed by atoms with Crippen LogP contribution in [0.15, 0.2) is 0 Å². The fraction of sp³-hybridized carbons (Fsp3) is 1.00. The molecule has 5 atom stereocenters. The first kappa shape index (κ1) is 10.6. The number of rotatable bonds is 1. The standard InChI is InChI=1S/C6H11IO5/c7-1-2-3(8)4(9)5(10)6(11)12-2/h2-6,8-11H,1H2/t2-,3+,4+,5+,6+/m0/s1. The van der Waals surface area contributed by atoms with Gasteiger partial charge in [0.2, 0.25) is 0 Å². The van der Waals surface area contributed by atoms with Crippen LogP contribution in [-0.2, 0) is 4.74 Å². The number of alkyl halides is 1.